The van der Waals surface area contributed by atoms with Crippen molar-refractivity contribution < 1.29 is 9.18 Å². The molecule has 4 aromatic rings. The monoisotopic (exact) mass is 379 g/mol. The maximum Gasteiger partial charge on any atom is 0.263 e. The van der Waals surface area contributed by atoms with E-state index in [1.54, 1.807) is 24.4 Å². The van der Waals surface area contributed by atoms with E-state index in [2.05, 4.69) is 14.9 Å². The fourth-order valence-corrected chi connectivity index (χ4v) is 4.26. The molecule has 0 spiro atoms. The van der Waals surface area contributed by atoms with Crippen molar-refractivity contribution in [3.8, 4) is 5.69 Å². The van der Waals surface area contributed by atoms with Gasteiger partial charge in [0.1, 0.15) is 15.5 Å². The highest BCUT2D eigenvalue weighted by Gasteiger charge is 2.22. The molecule has 0 atom stereocenters. The molecule has 3 heterocycles. The number of thiophene rings is 1. The molecule has 136 valence electrons. The molecule has 0 unspecified atom stereocenters. The lowest BCUT2D eigenvalue weighted by Crippen LogP contribution is -2.23. The maximum absolute atomic E-state index is 13.9. The highest BCUT2D eigenvalue weighted by molar-refractivity contribution is 7.21. The third kappa shape index (κ3) is 3.13. The largest absolute Gasteiger partial charge is 0.347 e. The Morgan fingerprint density at radius 3 is 2.59 bits per heavy atom. The minimum Gasteiger partial charge on any atom is -0.347 e. The molecule has 0 saturated carbocycles. The summed E-state index contributed by atoms with van der Waals surface area (Å²) in [4.78, 5) is 18.8. The maximum atomic E-state index is 13.9. The molecule has 4 nitrogen and oxygen atoms in total. The summed E-state index contributed by atoms with van der Waals surface area (Å²) in [5, 5.41) is 3.78. The molecule has 1 amide bonds. The molecule has 1 aromatic carbocycles. The average Bonchev–Trinajstić information content (AvgIpc) is 3.20. The van der Waals surface area contributed by atoms with E-state index < -0.39 is 0 Å². The van der Waals surface area contributed by atoms with E-state index >= 15 is 0 Å². The Labute approximate surface area is 160 Å². The Kier molecular flexibility index (Phi) is 4.49. The minimum atomic E-state index is -0.326. The van der Waals surface area contributed by atoms with Gasteiger partial charge in [-0.05, 0) is 44.2 Å². The van der Waals surface area contributed by atoms with Crippen molar-refractivity contribution in [2.75, 3.05) is 0 Å². The molecule has 0 aliphatic carbocycles. The van der Waals surface area contributed by atoms with Crippen molar-refractivity contribution in [1.29, 1.82) is 0 Å². The fraction of sp³-hybridized carbons (Fsp3) is 0.143. The van der Waals surface area contributed by atoms with Crippen LogP contribution in [0.25, 0.3) is 15.9 Å². The summed E-state index contributed by atoms with van der Waals surface area (Å²) in [6, 6.07) is 14.3. The molecule has 0 saturated heterocycles. The number of hydrogen-bond donors (Lipinski definition) is 1. The Balaban J connectivity index is 1.76. The summed E-state index contributed by atoms with van der Waals surface area (Å²) in [6.45, 7) is 4.15. The smallest absolute Gasteiger partial charge is 0.263 e. The quantitative estimate of drug-likeness (QED) is 0.555. The van der Waals surface area contributed by atoms with Crippen LogP contribution in [0.1, 0.15) is 26.6 Å². The van der Waals surface area contributed by atoms with Gasteiger partial charge in [0, 0.05) is 35.1 Å². The van der Waals surface area contributed by atoms with Crippen LogP contribution in [-0.2, 0) is 6.54 Å². The Hall–Kier alpha value is -2.99. The SMILES string of the molecule is Cc1ccc(C)n1-c1c(C(=O)NCc2ccccc2F)sc2ncccc12. The number of aryl methyl sites for hydroxylation is 2. The second kappa shape index (κ2) is 6.96. The first-order valence-corrected chi connectivity index (χ1v) is 9.42. The van der Waals surface area contributed by atoms with Crippen LogP contribution in [0.3, 0.4) is 0 Å². The second-order valence-corrected chi connectivity index (χ2v) is 7.36. The number of hydrogen-bond acceptors (Lipinski definition) is 3. The van der Waals surface area contributed by atoms with Gasteiger partial charge in [-0.25, -0.2) is 9.37 Å². The number of fused-ring (bicyclic) bond motifs is 1. The summed E-state index contributed by atoms with van der Waals surface area (Å²) in [5.74, 6) is -0.558. The summed E-state index contributed by atoms with van der Waals surface area (Å²) < 4.78 is 15.9. The number of nitrogens with one attached hydrogen (secondary N) is 1. The lowest BCUT2D eigenvalue weighted by atomic mass is 10.2. The molecule has 0 bridgehead atoms. The molecule has 0 aliphatic heterocycles. The van der Waals surface area contributed by atoms with Crippen LogP contribution in [-0.4, -0.2) is 15.5 Å². The molecule has 0 aliphatic rings. The Bertz CT molecular complexity index is 1130. The molecule has 6 heteroatoms. The number of amides is 1. The van der Waals surface area contributed by atoms with Crippen molar-refractivity contribution in [2.45, 2.75) is 20.4 Å². The van der Waals surface area contributed by atoms with Crippen LogP contribution in [0.5, 0.6) is 0 Å². The van der Waals surface area contributed by atoms with Gasteiger partial charge in [-0.1, -0.05) is 18.2 Å². The van der Waals surface area contributed by atoms with Gasteiger partial charge in [0.15, 0.2) is 0 Å². The van der Waals surface area contributed by atoms with E-state index in [0.717, 1.165) is 27.3 Å². The van der Waals surface area contributed by atoms with Crippen molar-refractivity contribution in [3.63, 3.8) is 0 Å². The number of pyridine rings is 1. The average molecular weight is 379 g/mol. The summed E-state index contributed by atoms with van der Waals surface area (Å²) in [6.07, 6.45) is 1.72. The normalized spacial score (nSPS) is 11.1. The number of nitrogens with zero attached hydrogens (tertiary/aromatic N) is 2. The van der Waals surface area contributed by atoms with Crippen molar-refractivity contribution >= 4 is 27.5 Å². The molecule has 0 fully saturated rings. The predicted molar refractivity (Wildman–Crippen MR) is 106 cm³/mol. The number of halogens is 1. The van der Waals surface area contributed by atoms with Gasteiger partial charge < -0.3 is 9.88 Å². The molecule has 27 heavy (non-hydrogen) atoms. The van der Waals surface area contributed by atoms with Gasteiger partial charge in [-0.2, -0.15) is 0 Å². The van der Waals surface area contributed by atoms with Crippen molar-refractivity contribution in [2.24, 2.45) is 0 Å². The van der Waals surface area contributed by atoms with Gasteiger partial charge >= 0.3 is 0 Å². The van der Waals surface area contributed by atoms with E-state index in [1.165, 1.54) is 17.4 Å². The van der Waals surface area contributed by atoms with E-state index in [9.17, 15) is 9.18 Å². The number of carbonyl (C=O) groups excluding carboxylic acids is 1. The third-order valence-electron chi connectivity index (χ3n) is 4.54. The molecule has 1 N–H and O–H groups in total. The topological polar surface area (TPSA) is 46.9 Å². The van der Waals surface area contributed by atoms with E-state index in [4.69, 9.17) is 0 Å². The van der Waals surface area contributed by atoms with Crippen LogP contribution in [0, 0.1) is 19.7 Å². The zero-order chi connectivity index (χ0) is 19.0. The summed E-state index contributed by atoms with van der Waals surface area (Å²) in [7, 11) is 0. The van der Waals surface area contributed by atoms with Gasteiger partial charge in [-0.3, -0.25) is 4.79 Å². The fourth-order valence-electron chi connectivity index (χ4n) is 3.21. The number of benzene rings is 1. The van der Waals surface area contributed by atoms with Crippen molar-refractivity contribution in [3.05, 3.63) is 82.4 Å². The summed E-state index contributed by atoms with van der Waals surface area (Å²) in [5.41, 5.74) is 3.37. The first kappa shape index (κ1) is 17.4. The number of rotatable bonds is 4. The first-order valence-electron chi connectivity index (χ1n) is 8.60. The van der Waals surface area contributed by atoms with E-state index in [1.807, 2.05) is 38.1 Å². The minimum absolute atomic E-state index is 0.135. The standard InChI is InChI=1S/C21H18FN3OS/c1-13-9-10-14(2)25(13)18-16-7-5-11-23-21(16)27-19(18)20(26)24-12-15-6-3-4-8-17(15)22/h3-11H,12H2,1-2H3,(H,24,26). The van der Waals surface area contributed by atoms with Crippen LogP contribution in [0.4, 0.5) is 4.39 Å². The molecular formula is C21H18FN3OS. The van der Waals surface area contributed by atoms with Gasteiger partial charge in [0.2, 0.25) is 0 Å². The molecule has 0 radical (unpaired) electrons. The summed E-state index contributed by atoms with van der Waals surface area (Å²) >= 11 is 1.35. The zero-order valence-corrected chi connectivity index (χ0v) is 15.8. The highest BCUT2D eigenvalue weighted by atomic mass is 32.1. The van der Waals surface area contributed by atoms with Crippen molar-refractivity contribution in [1.82, 2.24) is 14.9 Å². The van der Waals surface area contributed by atoms with Crippen LogP contribution >= 0.6 is 11.3 Å². The molecular weight excluding hydrogens is 361 g/mol. The third-order valence-corrected chi connectivity index (χ3v) is 5.64. The lowest BCUT2D eigenvalue weighted by molar-refractivity contribution is 0.0954. The van der Waals surface area contributed by atoms with Gasteiger partial charge in [-0.15, -0.1) is 11.3 Å². The first-order chi connectivity index (χ1) is 13.1. The predicted octanol–water partition coefficient (Wildman–Crippen LogP) is 4.77. The van der Waals surface area contributed by atoms with Crippen LogP contribution in [0.15, 0.2) is 54.7 Å². The van der Waals surface area contributed by atoms with Gasteiger partial charge in [0.05, 0.1) is 5.69 Å². The number of aromatic nitrogens is 2. The number of carbonyl (C=O) groups is 1. The van der Waals surface area contributed by atoms with Gasteiger partial charge in [0.25, 0.3) is 5.91 Å². The second-order valence-electron chi connectivity index (χ2n) is 6.36. The Morgan fingerprint density at radius 1 is 1.11 bits per heavy atom. The molecule has 4 rings (SSSR count). The Morgan fingerprint density at radius 2 is 1.85 bits per heavy atom. The van der Waals surface area contributed by atoms with E-state index in [0.29, 0.717) is 10.4 Å². The lowest BCUT2D eigenvalue weighted by Gasteiger charge is -2.12. The zero-order valence-electron chi connectivity index (χ0n) is 15.0. The van der Waals surface area contributed by atoms with Crippen LogP contribution < -0.4 is 5.32 Å². The van der Waals surface area contributed by atoms with Crippen LogP contribution in [0.2, 0.25) is 0 Å². The van der Waals surface area contributed by atoms with E-state index in [-0.39, 0.29) is 18.3 Å². The highest BCUT2D eigenvalue weighted by Crippen LogP contribution is 2.34. The molecule has 3 aromatic heterocycles.